The highest BCUT2D eigenvalue weighted by molar-refractivity contribution is 5.69. The van der Waals surface area contributed by atoms with Gasteiger partial charge in [0.05, 0.1) is 7.11 Å². The van der Waals surface area contributed by atoms with E-state index in [1.807, 2.05) is 7.05 Å². The Morgan fingerprint density at radius 1 is 1.31 bits per heavy atom. The summed E-state index contributed by atoms with van der Waals surface area (Å²) in [6.45, 7) is 4.14. The van der Waals surface area contributed by atoms with Gasteiger partial charge in [-0.2, -0.15) is 0 Å². The monoisotopic (exact) mass is 221 g/mol. The number of rotatable bonds is 4. The number of ether oxygens (including phenoxy) is 1. The fourth-order valence-corrected chi connectivity index (χ4v) is 1.94. The number of hydrogen-bond donors (Lipinski definition) is 1. The van der Waals surface area contributed by atoms with Crippen LogP contribution in [0.2, 0.25) is 0 Å². The smallest absolute Gasteiger partial charge is 0.305 e. The molecule has 1 N–H and O–H groups in total. The van der Waals surface area contributed by atoms with Gasteiger partial charge < -0.3 is 10.1 Å². The van der Waals surface area contributed by atoms with E-state index in [1.54, 1.807) is 0 Å². The minimum atomic E-state index is -0.159. The average molecular weight is 221 g/mol. The first-order valence-corrected chi connectivity index (χ1v) is 5.43. The van der Waals surface area contributed by atoms with Crippen LogP contribution in [-0.2, 0) is 16.0 Å². The standard InChI is InChI=1S/C13H19NO2/c1-9-7-11(5-6-12(15)16-4)8-10(2)13(9)14-3/h7-8,14H,5-6H2,1-4H3. The Morgan fingerprint density at radius 2 is 1.88 bits per heavy atom. The molecular formula is C13H19NO2. The van der Waals surface area contributed by atoms with E-state index in [0.29, 0.717) is 6.42 Å². The Labute approximate surface area is 96.8 Å². The van der Waals surface area contributed by atoms with Gasteiger partial charge in [-0.05, 0) is 37.0 Å². The molecule has 3 heteroatoms. The van der Waals surface area contributed by atoms with Crippen LogP contribution in [0.15, 0.2) is 12.1 Å². The molecule has 3 nitrogen and oxygen atoms in total. The van der Waals surface area contributed by atoms with E-state index in [-0.39, 0.29) is 5.97 Å². The number of esters is 1. The van der Waals surface area contributed by atoms with Gasteiger partial charge in [0.1, 0.15) is 0 Å². The van der Waals surface area contributed by atoms with Gasteiger partial charge in [0.15, 0.2) is 0 Å². The molecule has 0 aliphatic carbocycles. The molecule has 1 aromatic carbocycles. The van der Waals surface area contributed by atoms with Gasteiger partial charge in [0.25, 0.3) is 0 Å². The summed E-state index contributed by atoms with van der Waals surface area (Å²) < 4.78 is 4.63. The van der Waals surface area contributed by atoms with Gasteiger partial charge >= 0.3 is 5.97 Å². The molecule has 0 unspecified atom stereocenters. The Morgan fingerprint density at radius 3 is 2.31 bits per heavy atom. The second-order valence-corrected chi connectivity index (χ2v) is 3.93. The van der Waals surface area contributed by atoms with Crippen molar-refractivity contribution in [3.63, 3.8) is 0 Å². The second-order valence-electron chi connectivity index (χ2n) is 3.93. The second kappa shape index (κ2) is 5.54. The molecule has 1 aromatic rings. The molecule has 0 fully saturated rings. The lowest BCUT2D eigenvalue weighted by Crippen LogP contribution is -2.03. The molecule has 0 aliphatic heterocycles. The maximum atomic E-state index is 11.0. The summed E-state index contributed by atoms with van der Waals surface area (Å²) >= 11 is 0. The molecule has 0 saturated carbocycles. The van der Waals surface area contributed by atoms with Crippen molar-refractivity contribution in [1.29, 1.82) is 0 Å². The minimum Gasteiger partial charge on any atom is -0.469 e. The van der Waals surface area contributed by atoms with Crippen LogP contribution in [0.4, 0.5) is 5.69 Å². The molecule has 0 saturated heterocycles. The molecular weight excluding hydrogens is 202 g/mol. The summed E-state index contributed by atoms with van der Waals surface area (Å²) in [7, 11) is 3.34. The van der Waals surface area contributed by atoms with E-state index < -0.39 is 0 Å². The summed E-state index contributed by atoms with van der Waals surface area (Å²) in [5, 5.41) is 3.18. The normalized spacial score (nSPS) is 10.0. The fourth-order valence-electron chi connectivity index (χ4n) is 1.94. The highest BCUT2D eigenvalue weighted by Crippen LogP contribution is 2.22. The molecule has 0 bridgehead atoms. The van der Waals surface area contributed by atoms with Crippen LogP contribution in [0.1, 0.15) is 23.1 Å². The quantitative estimate of drug-likeness (QED) is 0.794. The maximum Gasteiger partial charge on any atom is 0.305 e. The molecule has 0 heterocycles. The van der Waals surface area contributed by atoms with E-state index >= 15 is 0 Å². The zero-order valence-electron chi connectivity index (χ0n) is 10.4. The number of hydrogen-bond acceptors (Lipinski definition) is 3. The van der Waals surface area contributed by atoms with E-state index in [2.05, 4.69) is 36.0 Å². The Balaban J connectivity index is 2.79. The van der Waals surface area contributed by atoms with E-state index in [1.165, 1.54) is 29.5 Å². The molecule has 16 heavy (non-hydrogen) atoms. The van der Waals surface area contributed by atoms with Crippen molar-refractivity contribution < 1.29 is 9.53 Å². The molecule has 1 rings (SSSR count). The molecule has 0 radical (unpaired) electrons. The van der Waals surface area contributed by atoms with Gasteiger partial charge in [-0.1, -0.05) is 12.1 Å². The first-order valence-electron chi connectivity index (χ1n) is 5.43. The van der Waals surface area contributed by atoms with Gasteiger partial charge in [-0.3, -0.25) is 4.79 Å². The van der Waals surface area contributed by atoms with Gasteiger partial charge in [-0.15, -0.1) is 0 Å². The van der Waals surface area contributed by atoms with Gasteiger partial charge in [0, 0.05) is 19.2 Å². The van der Waals surface area contributed by atoms with Crippen molar-refractivity contribution >= 4 is 11.7 Å². The summed E-state index contributed by atoms with van der Waals surface area (Å²) in [5.74, 6) is -0.159. The van der Waals surface area contributed by atoms with Crippen LogP contribution in [-0.4, -0.2) is 20.1 Å². The summed E-state index contributed by atoms with van der Waals surface area (Å²) in [5.41, 5.74) is 4.77. The van der Waals surface area contributed by atoms with Crippen LogP contribution < -0.4 is 5.32 Å². The number of aryl methyl sites for hydroxylation is 3. The molecule has 88 valence electrons. The van der Waals surface area contributed by atoms with Crippen LogP contribution in [0.3, 0.4) is 0 Å². The largest absolute Gasteiger partial charge is 0.469 e. The SMILES string of the molecule is CNc1c(C)cc(CCC(=O)OC)cc1C. The molecule has 0 amide bonds. The lowest BCUT2D eigenvalue weighted by atomic mass is 10.0. The zero-order valence-corrected chi connectivity index (χ0v) is 10.4. The minimum absolute atomic E-state index is 0.159. The third kappa shape index (κ3) is 2.99. The number of carbonyl (C=O) groups is 1. The number of benzene rings is 1. The predicted octanol–water partition coefficient (Wildman–Crippen LogP) is 2.45. The highest BCUT2D eigenvalue weighted by Gasteiger charge is 2.06. The van der Waals surface area contributed by atoms with Crippen molar-refractivity contribution in [2.75, 3.05) is 19.5 Å². The number of anilines is 1. The topological polar surface area (TPSA) is 38.3 Å². The lowest BCUT2D eigenvalue weighted by Gasteiger charge is -2.11. The van der Waals surface area contributed by atoms with Crippen molar-refractivity contribution in [3.05, 3.63) is 28.8 Å². The third-order valence-electron chi connectivity index (χ3n) is 2.69. The van der Waals surface area contributed by atoms with E-state index in [9.17, 15) is 4.79 Å². The van der Waals surface area contributed by atoms with Crippen LogP contribution >= 0.6 is 0 Å². The van der Waals surface area contributed by atoms with Crippen molar-refractivity contribution in [1.82, 2.24) is 0 Å². The summed E-state index contributed by atoms with van der Waals surface area (Å²) in [6.07, 6.45) is 1.17. The van der Waals surface area contributed by atoms with Crippen LogP contribution in [0, 0.1) is 13.8 Å². The molecule has 0 aromatic heterocycles. The maximum absolute atomic E-state index is 11.0. The lowest BCUT2D eigenvalue weighted by molar-refractivity contribution is -0.140. The van der Waals surface area contributed by atoms with Crippen LogP contribution in [0.25, 0.3) is 0 Å². The molecule has 0 spiro atoms. The first-order chi connectivity index (χ1) is 7.58. The zero-order chi connectivity index (χ0) is 12.1. The summed E-state index contributed by atoms with van der Waals surface area (Å²) in [4.78, 5) is 11.0. The van der Waals surface area contributed by atoms with Gasteiger partial charge in [-0.25, -0.2) is 0 Å². The fraction of sp³-hybridized carbons (Fsp3) is 0.462. The first kappa shape index (κ1) is 12.6. The Hall–Kier alpha value is -1.51. The Bertz CT molecular complexity index is 363. The molecule has 0 atom stereocenters. The van der Waals surface area contributed by atoms with E-state index in [4.69, 9.17) is 0 Å². The number of carbonyl (C=O) groups excluding carboxylic acids is 1. The van der Waals surface area contributed by atoms with E-state index in [0.717, 1.165) is 6.42 Å². The van der Waals surface area contributed by atoms with Crippen molar-refractivity contribution in [2.45, 2.75) is 26.7 Å². The average Bonchev–Trinajstić information content (AvgIpc) is 2.25. The summed E-state index contributed by atoms with van der Waals surface area (Å²) in [6, 6.07) is 4.23. The predicted molar refractivity (Wildman–Crippen MR) is 65.8 cm³/mol. The van der Waals surface area contributed by atoms with Crippen LogP contribution in [0.5, 0.6) is 0 Å². The Kier molecular flexibility index (Phi) is 4.35. The highest BCUT2D eigenvalue weighted by atomic mass is 16.5. The number of methoxy groups -OCH3 is 1. The molecule has 0 aliphatic rings. The number of nitrogens with one attached hydrogen (secondary N) is 1. The third-order valence-corrected chi connectivity index (χ3v) is 2.69. The van der Waals surface area contributed by atoms with Crippen molar-refractivity contribution in [3.8, 4) is 0 Å². The van der Waals surface area contributed by atoms with Crippen molar-refractivity contribution in [2.24, 2.45) is 0 Å². The van der Waals surface area contributed by atoms with Gasteiger partial charge in [0.2, 0.25) is 0 Å².